The van der Waals surface area contributed by atoms with Gasteiger partial charge in [-0.3, -0.25) is 4.99 Å². The topological polar surface area (TPSA) is 73.6 Å². The zero-order valence-corrected chi connectivity index (χ0v) is 11.1. The Labute approximate surface area is 109 Å². The predicted octanol–water partition coefficient (Wildman–Crippen LogP) is 2.89. The van der Waals surface area contributed by atoms with Crippen molar-refractivity contribution in [1.82, 2.24) is 0 Å². The highest BCUT2D eigenvalue weighted by Crippen LogP contribution is 2.27. The SMILES string of the molecule is CCC=Nc1cc(OCCCCCN)ccc1N. The smallest absolute Gasteiger partial charge is 0.121 e. The van der Waals surface area contributed by atoms with E-state index >= 15 is 0 Å². The number of hydrogen-bond acceptors (Lipinski definition) is 4. The quantitative estimate of drug-likeness (QED) is 0.422. The van der Waals surface area contributed by atoms with Crippen LogP contribution in [0, 0.1) is 0 Å². The third kappa shape index (κ3) is 5.19. The van der Waals surface area contributed by atoms with Crippen LogP contribution in [0.4, 0.5) is 11.4 Å². The first-order valence-electron chi connectivity index (χ1n) is 6.52. The minimum absolute atomic E-state index is 0.676. The standard InChI is InChI=1S/C14H23N3O/c1-2-9-17-14-11-12(6-7-13(14)16)18-10-5-3-4-8-15/h6-7,9,11H,2-5,8,10,15-16H2,1H3. The Morgan fingerprint density at radius 1 is 1.28 bits per heavy atom. The molecule has 0 bridgehead atoms. The molecule has 0 saturated heterocycles. The van der Waals surface area contributed by atoms with Crippen LogP contribution in [0.15, 0.2) is 23.2 Å². The highest BCUT2D eigenvalue weighted by Gasteiger charge is 2.00. The van der Waals surface area contributed by atoms with Crippen LogP contribution in [0.3, 0.4) is 0 Å². The Hall–Kier alpha value is -1.55. The van der Waals surface area contributed by atoms with Gasteiger partial charge in [0.25, 0.3) is 0 Å². The Morgan fingerprint density at radius 3 is 2.83 bits per heavy atom. The number of hydrogen-bond donors (Lipinski definition) is 2. The van der Waals surface area contributed by atoms with E-state index in [1.165, 1.54) is 0 Å². The summed E-state index contributed by atoms with van der Waals surface area (Å²) < 4.78 is 5.66. The molecule has 0 radical (unpaired) electrons. The molecule has 1 rings (SSSR count). The second-order valence-electron chi connectivity index (χ2n) is 4.14. The molecule has 0 heterocycles. The number of nitrogens with zero attached hydrogens (tertiary/aromatic N) is 1. The second kappa shape index (κ2) is 8.53. The molecular weight excluding hydrogens is 226 g/mol. The first-order valence-corrected chi connectivity index (χ1v) is 6.52. The summed E-state index contributed by atoms with van der Waals surface area (Å²) in [6, 6.07) is 5.59. The van der Waals surface area contributed by atoms with Crippen molar-refractivity contribution in [3.05, 3.63) is 18.2 Å². The lowest BCUT2D eigenvalue weighted by Gasteiger charge is -2.08. The van der Waals surface area contributed by atoms with Gasteiger partial charge in [-0.15, -0.1) is 0 Å². The van der Waals surface area contributed by atoms with Gasteiger partial charge < -0.3 is 16.2 Å². The van der Waals surface area contributed by atoms with Crippen molar-refractivity contribution in [3.63, 3.8) is 0 Å². The highest BCUT2D eigenvalue weighted by molar-refractivity contribution is 5.71. The average Bonchev–Trinajstić information content (AvgIpc) is 2.39. The second-order valence-corrected chi connectivity index (χ2v) is 4.14. The minimum atomic E-state index is 0.676. The molecule has 0 spiro atoms. The predicted molar refractivity (Wildman–Crippen MR) is 77.7 cm³/mol. The van der Waals surface area contributed by atoms with Crippen LogP contribution in [-0.2, 0) is 0 Å². The van der Waals surface area contributed by atoms with Gasteiger partial charge >= 0.3 is 0 Å². The van der Waals surface area contributed by atoms with Gasteiger partial charge in [-0.05, 0) is 44.4 Å². The van der Waals surface area contributed by atoms with E-state index in [2.05, 4.69) is 4.99 Å². The average molecular weight is 249 g/mol. The van der Waals surface area contributed by atoms with Crippen molar-refractivity contribution in [1.29, 1.82) is 0 Å². The van der Waals surface area contributed by atoms with E-state index in [9.17, 15) is 0 Å². The summed E-state index contributed by atoms with van der Waals surface area (Å²) in [7, 11) is 0. The lowest BCUT2D eigenvalue weighted by atomic mass is 10.2. The Bertz CT molecular complexity index is 377. The summed E-state index contributed by atoms with van der Waals surface area (Å²) in [5.41, 5.74) is 12.7. The highest BCUT2D eigenvalue weighted by atomic mass is 16.5. The van der Waals surface area contributed by atoms with Crippen molar-refractivity contribution in [2.75, 3.05) is 18.9 Å². The molecule has 0 saturated carbocycles. The maximum atomic E-state index is 5.84. The maximum absolute atomic E-state index is 5.84. The zero-order valence-electron chi connectivity index (χ0n) is 11.1. The molecule has 0 aliphatic rings. The number of nitrogens with two attached hydrogens (primary N) is 2. The summed E-state index contributed by atoms with van der Waals surface area (Å²) in [4.78, 5) is 4.30. The summed E-state index contributed by atoms with van der Waals surface area (Å²) in [5.74, 6) is 0.820. The number of aliphatic imine (C=N–C) groups is 1. The third-order valence-corrected chi connectivity index (χ3v) is 2.53. The van der Waals surface area contributed by atoms with E-state index in [4.69, 9.17) is 16.2 Å². The van der Waals surface area contributed by atoms with Gasteiger partial charge in [0.1, 0.15) is 5.75 Å². The van der Waals surface area contributed by atoms with Crippen LogP contribution >= 0.6 is 0 Å². The number of ether oxygens (including phenoxy) is 1. The normalized spacial score (nSPS) is 11.0. The van der Waals surface area contributed by atoms with Gasteiger partial charge in [-0.25, -0.2) is 0 Å². The first kappa shape index (κ1) is 14.5. The molecule has 18 heavy (non-hydrogen) atoms. The number of benzene rings is 1. The van der Waals surface area contributed by atoms with Gasteiger partial charge in [0.2, 0.25) is 0 Å². The molecule has 0 amide bonds. The molecule has 0 unspecified atom stereocenters. The third-order valence-electron chi connectivity index (χ3n) is 2.53. The van der Waals surface area contributed by atoms with Crippen LogP contribution in [-0.4, -0.2) is 19.4 Å². The first-order chi connectivity index (χ1) is 8.77. The van der Waals surface area contributed by atoms with Crippen LogP contribution in [0.5, 0.6) is 5.75 Å². The van der Waals surface area contributed by atoms with Crippen LogP contribution in [0.2, 0.25) is 0 Å². The fraction of sp³-hybridized carbons (Fsp3) is 0.500. The van der Waals surface area contributed by atoms with E-state index in [0.29, 0.717) is 12.3 Å². The van der Waals surface area contributed by atoms with Crippen LogP contribution in [0.25, 0.3) is 0 Å². The van der Waals surface area contributed by atoms with Gasteiger partial charge in [0, 0.05) is 12.3 Å². The lowest BCUT2D eigenvalue weighted by molar-refractivity contribution is 0.306. The van der Waals surface area contributed by atoms with E-state index < -0.39 is 0 Å². The molecule has 0 aliphatic heterocycles. The van der Waals surface area contributed by atoms with E-state index in [0.717, 1.165) is 43.7 Å². The molecule has 1 aromatic rings. The Kier molecular flexibility index (Phi) is 6.87. The van der Waals surface area contributed by atoms with Crippen molar-refractivity contribution >= 4 is 17.6 Å². The molecule has 1 aromatic carbocycles. The number of unbranched alkanes of at least 4 members (excludes halogenated alkanes) is 2. The Morgan fingerprint density at radius 2 is 2.11 bits per heavy atom. The van der Waals surface area contributed by atoms with E-state index in [-0.39, 0.29) is 0 Å². The molecule has 0 fully saturated rings. The maximum Gasteiger partial charge on any atom is 0.121 e. The Balaban J connectivity index is 2.48. The van der Waals surface area contributed by atoms with Crippen LogP contribution < -0.4 is 16.2 Å². The molecular formula is C14H23N3O. The van der Waals surface area contributed by atoms with Crippen molar-refractivity contribution in [3.8, 4) is 5.75 Å². The number of nitrogen functional groups attached to an aromatic ring is 1. The van der Waals surface area contributed by atoms with E-state index in [1.807, 2.05) is 31.3 Å². The summed E-state index contributed by atoms with van der Waals surface area (Å²) in [5, 5.41) is 0. The van der Waals surface area contributed by atoms with E-state index in [1.54, 1.807) is 0 Å². The fourth-order valence-electron chi connectivity index (χ4n) is 1.53. The van der Waals surface area contributed by atoms with Gasteiger partial charge in [0.15, 0.2) is 0 Å². The van der Waals surface area contributed by atoms with Gasteiger partial charge in [0.05, 0.1) is 18.0 Å². The molecule has 100 valence electrons. The molecule has 0 atom stereocenters. The molecule has 4 N–H and O–H groups in total. The lowest BCUT2D eigenvalue weighted by Crippen LogP contribution is -2.01. The summed E-state index contributed by atoms with van der Waals surface area (Å²) in [6.07, 6.45) is 5.92. The van der Waals surface area contributed by atoms with Crippen LogP contribution in [0.1, 0.15) is 32.6 Å². The fourth-order valence-corrected chi connectivity index (χ4v) is 1.53. The monoisotopic (exact) mass is 249 g/mol. The van der Waals surface area contributed by atoms with Gasteiger partial charge in [-0.1, -0.05) is 6.92 Å². The van der Waals surface area contributed by atoms with Crippen molar-refractivity contribution in [2.24, 2.45) is 10.7 Å². The molecule has 0 aromatic heterocycles. The molecule has 4 nitrogen and oxygen atoms in total. The van der Waals surface area contributed by atoms with Crippen molar-refractivity contribution in [2.45, 2.75) is 32.6 Å². The minimum Gasteiger partial charge on any atom is -0.494 e. The molecule has 0 aliphatic carbocycles. The molecule has 4 heteroatoms. The zero-order chi connectivity index (χ0) is 13.2. The number of rotatable bonds is 8. The summed E-state index contributed by atoms with van der Waals surface area (Å²) >= 11 is 0. The van der Waals surface area contributed by atoms with Gasteiger partial charge in [-0.2, -0.15) is 0 Å². The van der Waals surface area contributed by atoms with Crippen molar-refractivity contribution < 1.29 is 4.74 Å². The largest absolute Gasteiger partial charge is 0.494 e. The summed E-state index contributed by atoms with van der Waals surface area (Å²) in [6.45, 7) is 3.50. The number of anilines is 1.